The number of carbonyl (C=O) groups is 2. The number of piperidine rings is 1. The Hall–Kier alpha value is -1.85. The largest absolute Gasteiger partial charge is 0.498 e. The number of aromatic nitrogens is 2. The van der Waals surface area contributed by atoms with Crippen molar-refractivity contribution in [3.8, 4) is 0 Å². The van der Waals surface area contributed by atoms with Crippen molar-refractivity contribution in [2.45, 2.75) is 128 Å². The Balaban J connectivity index is 1.51. The molecule has 2 unspecified atom stereocenters. The van der Waals surface area contributed by atoms with Gasteiger partial charge < -0.3 is 24.3 Å². The van der Waals surface area contributed by atoms with Gasteiger partial charge in [0.2, 0.25) is 5.91 Å². The molecular formula is C28H47BN4O5S. The SMILES string of the molecule is CC(C)C(NC(=O)OC(C)(C)C)C(=O)N1CCCCC1CCCSc1ncc(B2OC(C)(C)C(C)(C)O2)cn1. The number of likely N-dealkylation sites (tertiary alicyclic amines) is 1. The summed E-state index contributed by atoms with van der Waals surface area (Å²) in [5, 5.41) is 3.54. The summed E-state index contributed by atoms with van der Waals surface area (Å²) >= 11 is 1.61. The van der Waals surface area contributed by atoms with Gasteiger partial charge in [-0.05, 0) is 86.5 Å². The molecule has 0 aromatic carbocycles. The fourth-order valence-electron chi connectivity index (χ4n) is 4.70. The molecule has 3 rings (SSSR count). The van der Waals surface area contributed by atoms with Gasteiger partial charge in [-0.15, -0.1) is 0 Å². The third kappa shape index (κ3) is 8.57. The topological polar surface area (TPSA) is 103 Å². The zero-order valence-corrected chi connectivity index (χ0v) is 26.0. The van der Waals surface area contributed by atoms with Gasteiger partial charge in [-0.2, -0.15) is 0 Å². The molecule has 1 aromatic heterocycles. The average Bonchev–Trinajstić information content (AvgIpc) is 3.06. The molecule has 2 saturated heterocycles. The van der Waals surface area contributed by atoms with Crippen molar-refractivity contribution in [1.29, 1.82) is 0 Å². The highest BCUT2D eigenvalue weighted by molar-refractivity contribution is 7.99. The summed E-state index contributed by atoms with van der Waals surface area (Å²) in [7, 11) is -0.469. The minimum Gasteiger partial charge on any atom is -0.444 e. The van der Waals surface area contributed by atoms with Gasteiger partial charge in [-0.25, -0.2) is 14.8 Å². The number of ether oxygens (including phenoxy) is 1. The molecule has 0 radical (unpaired) electrons. The molecule has 2 aliphatic rings. The van der Waals surface area contributed by atoms with Crippen molar-refractivity contribution in [3.05, 3.63) is 12.4 Å². The van der Waals surface area contributed by atoms with Crippen LogP contribution in [0, 0.1) is 5.92 Å². The number of nitrogens with one attached hydrogen (secondary N) is 1. The highest BCUT2D eigenvalue weighted by Gasteiger charge is 2.52. The lowest BCUT2D eigenvalue weighted by Gasteiger charge is -2.39. The van der Waals surface area contributed by atoms with Crippen LogP contribution in [-0.4, -0.2) is 75.2 Å². The molecule has 0 bridgehead atoms. The molecule has 11 heteroatoms. The lowest BCUT2D eigenvalue weighted by Crippen LogP contribution is -2.55. The maximum absolute atomic E-state index is 13.5. The zero-order chi connectivity index (χ0) is 29.0. The maximum atomic E-state index is 13.5. The molecule has 2 aliphatic heterocycles. The smallest absolute Gasteiger partial charge is 0.444 e. The maximum Gasteiger partial charge on any atom is 0.498 e. The Bertz CT molecular complexity index is 967. The van der Waals surface area contributed by atoms with E-state index in [0.717, 1.165) is 49.9 Å². The van der Waals surface area contributed by atoms with E-state index in [4.69, 9.17) is 14.0 Å². The molecule has 2 fully saturated rings. The Morgan fingerprint density at radius 3 is 2.33 bits per heavy atom. The van der Waals surface area contributed by atoms with Crippen LogP contribution in [-0.2, 0) is 18.8 Å². The molecule has 1 N–H and O–H groups in total. The predicted molar refractivity (Wildman–Crippen MR) is 155 cm³/mol. The van der Waals surface area contributed by atoms with E-state index < -0.39 is 36.1 Å². The summed E-state index contributed by atoms with van der Waals surface area (Å²) in [4.78, 5) is 37.0. The second-order valence-electron chi connectivity index (χ2n) is 12.9. The van der Waals surface area contributed by atoms with Crippen molar-refractivity contribution in [3.63, 3.8) is 0 Å². The van der Waals surface area contributed by atoms with Gasteiger partial charge >= 0.3 is 13.2 Å². The van der Waals surface area contributed by atoms with Crippen molar-refractivity contribution < 1.29 is 23.6 Å². The molecule has 2 amide bonds. The van der Waals surface area contributed by atoms with Gasteiger partial charge in [-0.1, -0.05) is 25.6 Å². The average molecular weight is 563 g/mol. The molecule has 2 atom stereocenters. The monoisotopic (exact) mass is 562 g/mol. The summed E-state index contributed by atoms with van der Waals surface area (Å²) in [6.07, 6.45) is 7.92. The molecule has 9 nitrogen and oxygen atoms in total. The summed E-state index contributed by atoms with van der Waals surface area (Å²) in [5.74, 6) is 0.799. The zero-order valence-electron chi connectivity index (χ0n) is 25.2. The van der Waals surface area contributed by atoms with Crippen LogP contribution < -0.4 is 10.8 Å². The molecule has 218 valence electrons. The molecular weight excluding hydrogens is 515 g/mol. The Morgan fingerprint density at radius 1 is 1.15 bits per heavy atom. The van der Waals surface area contributed by atoms with Crippen LogP contribution >= 0.6 is 11.8 Å². The van der Waals surface area contributed by atoms with E-state index in [0.29, 0.717) is 5.16 Å². The number of nitrogens with zero attached hydrogens (tertiary/aromatic N) is 3. The molecule has 0 aliphatic carbocycles. The standard InChI is InChI=1S/C28H47BN4O5S/c1-19(2)22(32-25(35)36-26(3,4)5)23(34)33-15-11-10-13-21(33)14-12-16-39-24-30-17-20(18-31-24)29-37-27(6,7)28(8,9)38-29/h17-19,21-22H,10-16H2,1-9H3,(H,32,35). The van der Waals surface area contributed by atoms with Crippen molar-refractivity contribution in [2.75, 3.05) is 12.3 Å². The van der Waals surface area contributed by atoms with E-state index in [9.17, 15) is 9.59 Å². The molecule has 1 aromatic rings. The predicted octanol–water partition coefficient (Wildman–Crippen LogP) is 4.58. The molecule has 39 heavy (non-hydrogen) atoms. The molecule has 3 heterocycles. The van der Waals surface area contributed by atoms with Crippen LogP contribution in [0.1, 0.15) is 94.4 Å². The highest BCUT2D eigenvalue weighted by Crippen LogP contribution is 2.36. The van der Waals surface area contributed by atoms with E-state index in [-0.39, 0.29) is 17.9 Å². The first-order chi connectivity index (χ1) is 18.1. The first-order valence-corrected chi connectivity index (χ1v) is 15.2. The van der Waals surface area contributed by atoms with Crippen LogP contribution in [0.15, 0.2) is 17.6 Å². The van der Waals surface area contributed by atoms with Gasteiger partial charge in [0.25, 0.3) is 0 Å². The Labute approximate surface area is 239 Å². The number of hydrogen-bond acceptors (Lipinski definition) is 8. The second kappa shape index (κ2) is 12.8. The summed E-state index contributed by atoms with van der Waals surface area (Å²) in [6, 6.07) is -0.439. The van der Waals surface area contributed by atoms with E-state index in [1.165, 1.54) is 0 Å². The number of thioether (sulfide) groups is 1. The summed E-state index contributed by atoms with van der Waals surface area (Å²) < 4.78 is 17.6. The lowest BCUT2D eigenvalue weighted by atomic mass is 9.81. The van der Waals surface area contributed by atoms with E-state index >= 15 is 0 Å². The molecule has 0 spiro atoms. The first kappa shape index (κ1) is 31.7. The Kier molecular flexibility index (Phi) is 10.4. The van der Waals surface area contributed by atoms with E-state index in [1.54, 1.807) is 24.2 Å². The number of amides is 2. The highest BCUT2D eigenvalue weighted by atomic mass is 32.2. The van der Waals surface area contributed by atoms with Crippen molar-refractivity contribution >= 4 is 36.3 Å². The van der Waals surface area contributed by atoms with E-state index in [2.05, 4.69) is 15.3 Å². The van der Waals surface area contributed by atoms with Crippen molar-refractivity contribution in [1.82, 2.24) is 20.2 Å². The van der Waals surface area contributed by atoms with Crippen molar-refractivity contribution in [2.24, 2.45) is 5.92 Å². The van der Waals surface area contributed by atoms with Gasteiger partial charge in [0, 0.05) is 36.2 Å². The third-order valence-corrected chi connectivity index (χ3v) is 8.56. The summed E-state index contributed by atoms with van der Waals surface area (Å²) in [6.45, 7) is 18.2. The minimum atomic E-state index is -0.615. The second-order valence-corrected chi connectivity index (χ2v) is 14.0. The quantitative estimate of drug-likeness (QED) is 0.202. The first-order valence-electron chi connectivity index (χ1n) is 14.2. The number of carbonyl (C=O) groups excluding carboxylic acids is 2. The van der Waals surface area contributed by atoms with Crippen LogP contribution in [0.3, 0.4) is 0 Å². The van der Waals surface area contributed by atoms with E-state index in [1.807, 2.05) is 67.2 Å². The lowest BCUT2D eigenvalue weighted by molar-refractivity contribution is -0.138. The third-order valence-electron chi connectivity index (χ3n) is 7.60. The van der Waals surface area contributed by atoms with Crippen LogP contribution in [0.2, 0.25) is 0 Å². The van der Waals surface area contributed by atoms with Gasteiger partial charge in [0.15, 0.2) is 5.16 Å². The van der Waals surface area contributed by atoms with Gasteiger partial charge in [0.05, 0.1) is 11.2 Å². The van der Waals surface area contributed by atoms with Gasteiger partial charge in [0.1, 0.15) is 11.6 Å². The normalized spacial score (nSPS) is 21.6. The van der Waals surface area contributed by atoms with Crippen LogP contribution in [0.25, 0.3) is 0 Å². The minimum absolute atomic E-state index is 0.0187. The number of rotatable bonds is 9. The number of alkyl carbamates (subject to hydrolysis) is 1. The Morgan fingerprint density at radius 2 is 1.77 bits per heavy atom. The fourth-order valence-corrected chi connectivity index (χ4v) is 5.45. The fraction of sp³-hybridized carbons (Fsp3) is 0.786. The summed E-state index contributed by atoms with van der Waals surface area (Å²) in [5.41, 5.74) is -0.606. The molecule has 0 saturated carbocycles. The van der Waals surface area contributed by atoms with Crippen LogP contribution in [0.4, 0.5) is 4.79 Å². The van der Waals surface area contributed by atoms with Gasteiger partial charge in [-0.3, -0.25) is 4.79 Å². The van der Waals surface area contributed by atoms with Crippen LogP contribution in [0.5, 0.6) is 0 Å². The number of hydrogen-bond donors (Lipinski definition) is 1.